The van der Waals surface area contributed by atoms with Crippen molar-refractivity contribution in [3.63, 3.8) is 0 Å². The number of amides is 5. The first kappa shape index (κ1) is 52.7. The van der Waals surface area contributed by atoms with E-state index in [-0.39, 0.29) is 45.3 Å². The second-order valence-corrected chi connectivity index (χ2v) is 22.8. The van der Waals surface area contributed by atoms with Crippen LogP contribution in [0.4, 0.5) is 4.79 Å². The average molecular weight is 892 g/mol. The normalized spacial score (nSPS) is 23.4. The van der Waals surface area contributed by atoms with E-state index in [1.165, 1.54) is 13.8 Å². The zero-order valence-corrected chi connectivity index (χ0v) is 37.9. The molecule has 5 amide bonds. The molecule has 0 unspecified atom stereocenters. The fraction of sp³-hybridized carbons (Fsp3) is 0.789. The van der Waals surface area contributed by atoms with Gasteiger partial charge in [0.15, 0.2) is 0 Å². The molecule has 10 atom stereocenters. The SMILES string of the molecule is COC(=O)[C@H](CCC[C@H](NC(=O)CC[C@@H](NC(=O)[C@H](C)NC(=O)[C@@H](C)O[C@H]1[C@H](O)[C@H]2CO[C@H](O2)[C@@]1(O)NC(C)=O)C(=O)OC)C(=O)OCC[Si](C)(C)C)NC(=O)OC(C)(C)C. The lowest BCUT2D eigenvalue weighted by Gasteiger charge is -2.45. The lowest BCUT2D eigenvalue weighted by atomic mass is 9.94. The topological polar surface area (TPSA) is 302 Å². The Labute approximate surface area is 356 Å². The van der Waals surface area contributed by atoms with Gasteiger partial charge in [-0.05, 0) is 66.3 Å². The fourth-order valence-electron chi connectivity index (χ4n) is 6.10. The molecule has 0 aliphatic carbocycles. The number of carbonyl (C=O) groups is 8. The maximum Gasteiger partial charge on any atom is 0.408 e. The summed E-state index contributed by atoms with van der Waals surface area (Å²) >= 11 is 0. The molecule has 0 aromatic rings. The van der Waals surface area contributed by atoms with E-state index >= 15 is 0 Å². The van der Waals surface area contributed by atoms with Gasteiger partial charge in [-0.25, -0.2) is 19.2 Å². The Kier molecular flexibility index (Phi) is 20.0. The summed E-state index contributed by atoms with van der Waals surface area (Å²) in [6.07, 6.45) is -8.19. The Morgan fingerprint density at radius 2 is 1.41 bits per heavy atom. The molecule has 7 N–H and O–H groups in total. The molecule has 2 heterocycles. The molecule has 2 fully saturated rings. The first-order valence-electron chi connectivity index (χ1n) is 20.0. The smallest absolute Gasteiger partial charge is 0.408 e. The van der Waals surface area contributed by atoms with Crippen LogP contribution in [0.5, 0.6) is 0 Å². The van der Waals surface area contributed by atoms with E-state index in [1.54, 1.807) is 20.8 Å². The number of hydrogen-bond donors (Lipinski definition) is 7. The summed E-state index contributed by atoms with van der Waals surface area (Å²) in [5.41, 5.74) is -3.20. The van der Waals surface area contributed by atoms with Gasteiger partial charge in [-0.2, -0.15) is 0 Å². The van der Waals surface area contributed by atoms with Crippen LogP contribution in [0.1, 0.15) is 73.6 Å². The molecule has 22 nitrogen and oxygen atoms in total. The molecule has 2 aliphatic rings. The minimum atomic E-state index is -2.36. The highest BCUT2D eigenvalue weighted by Gasteiger charge is 2.61. The van der Waals surface area contributed by atoms with Gasteiger partial charge in [-0.3, -0.25) is 19.2 Å². The Morgan fingerprint density at radius 1 is 0.836 bits per heavy atom. The van der Waals surface area contributed by atoms with Crippen LogP contribution in [-0.4, -0.2) is 160 Å². The molecule has 0 saturated carbocycles. The van der Waals surface area contributed by atoms with E-state index in [4.69, 9.17) is 33.2 Å². The zero-order valence-electron chi connectivity index (χ0n) is 36.9. The van der Waals surface area contributed by atoms with Crippen LogP contribution < -0.4 is 26.6 Å². The maximum atomic E-state index is 13.2. The highest BCUT2D eigenvalue weighted by Crippen LogP contribution is 2.36. The number of alkyl carbamates (subject to hydrolysis) is 1. The van der Waals surface area contributed by atoms with Crippen molar-refractivity contribution in [1.82, 2.24) is 26.6 Å². The Bertz CT molecular complexity index is 1570. The van der Waals surface area contributed by atoms with Crippen molar-refractivity contribution in [3.05, 3.63) is 0 Å². The minimum Gasteiger partial charge on any atom is -0.467 e. The Hall–Kier alpha value is -4.42. The number of fused-ring (bicyclic) bond motifs is 2. The number of esters is 3. The lowest BCUT2D eigenvalue weighted by molar-refractivity contribution is -0.304. The van der Waals surface area contributed by atoms with E-state index in [1.807, 2.05) is 0 Å². The molecule has 23 heteroatoms. The summed E-state index contributed by atoms with van der Waals surface area (Å²) in [4.78, 5) is 102. The number of rotatable bonds is 22. The van der Waals surface area contributed by atoms with E-state index in [0.29, 0.717) is 6.04 Å². The molecule has 0 spiro atoms. The number of carbonyl (C=O) groups excluding carboxylic acids is 8. The summed E-state index contributed by atoms with van der Waals surface area (Å²) in [6, 6.07) is -4.31. The highest BCUT2D eigenvalue weighted by atomic mass is 28.3. The highest BCUT2D eigenvalue weighted by molar-refractivity contribution is 6.76. The van der Waals surface area contributed by atoms with Gasteiger partial charge in [0, 0.05) is 21.4 Å². The van der Waals surface area contributed by atoms with Gasteiger partial charge in [0.1, 0.15) is 54.2 Å². The molecule has 348 valence electrons. The average Bonchev–Trinajstić information content (AvgIpc) is 3.63. The van der Waals surface area contributed by atoms with Crippen LogP contribution in [0, 0.1) is 0 Å². The van der Waals surface area contributed by atoms with Crippen LogP contribution >= 0.6 is 0 Å². The van der Waals surface area contributed by atoms with Gasteiger partial charge in [-0.15, -0.1) is 0 Å². The molecule has 2 bridgehead atoms. The Morgan fingerprint density at radius 3 is 1.95 bits per heavy atom. The van der Waals surface area contributed by atoms with E-state index in [2.05, 4.69) is 46.2 Å². The third kappa shape index (κ3) is 17.1. The van der Waals surface area contributed by atoms with E-state index < -0.39 is 122 Å². The summed E-state index contributed by atoms with van der Waals surface area (Å²) in [5, 5.41) is 34.1. The van der Waals surface area contributed by atoms with Gasteiger partial charge in [0.2, 0.25) is 35.6 Å². The van der Waals surface area contributed by atoms with Crippen molar-refractivity contribution >= 4 is 55.7 Å². The van der Waals surface area contributed by atoms with E-state index in [0.717, 1.165) is 21.1 Å². The quantitative estimate of drug-likeness (QED) is 0.0304. The molecular formula is C38H65N5O17Si. The number of aliphatic hydroxyl groups excluding tert-OH is 1. The van der Waals surface area contributed by atoms with Crippen LogP contribution in [0.25, 0.3) is 0 Å². The second kappa shape index (κ2) is 23.1. The van der Waals surface area contributed by atoms with Crippen molar-refractivity contribution in [3.8, 4) is 0 Å². The predicted molar refractivity (Wildman–Crippen MR) is 215 cm³/mol. The van der Waals surface area contributed by atoms with Crippen molar-refractivity contribution in [1.29, 1.82) is 0 Å². The molecule has 0 radical (unpaired) electrons. The maximum absolute atomic E-state index is 13.2. The van der Waals surface area contributed by atoms with Gasteiger partial charge in [0.05, 0.1) is 27.4 Å². The van der Waals surface area contributed by atoms with Crippen molar-refractivity contribution in [2.45, 2.75) is 166 Å². The lowest BCUT2D eigenvalue weighted by Crippen LogP contribution is -2.72. The minimum absolute atomic E-state index is 0.00746. The Balaban J connectivity index is 2.07. The van der Waals surface area contributed by atoms with Crippen LogP contribution in [0.15, 0.2) is 0 Å². The molecule has 2 saturated heterocycles. The van der Waals surface area contributed by atoms with E-state index in [9.17, 15) is 48.6 Å². The molecule has 0 aromatic carbocycles. The number of hydrogen-bond acceptors (Lipinski definition) is 17. The summed E-state index contributed by atoms with van der Waals surface area (Å²) in [7, 11) is 0.627. The number of nitrogens with one attached hydrogen (secondary N) is 5. The monoisotopic (exact) mass is 891 g/mol. The van der Waals surface area contributed by atoms with Crippen molar-refractivity contribution in [2.24, 2.45) is 0 Å². The van der Waals surface area contributed by atoms with Crippen LogP contribution in [0.3, 0.4) is 0 Å². The largest absolute Gasteiger partial charge is 0.467 e. The second-order valence-electron chi connectivity index (χ2n) is 17.1. The first-order valence-corrected chi connectivity index (χ1v) is 23.8. The van der Waals surface area contributed by atoms with Crippen molar-refractivity contribution in [2.75, 3.05) is 27.4 Å². The molecule has 2 aliphatic heterocycles. The van der Waals surface area contributed by atoms with Crippen LogP contribution in [-0.2, 0) is 66.7 Å². The van der Waals surface area contributed by atoms with Crippen molar-refractivity contribution < 1.29 is 81.7 Å². The predicted octanol–water partition coefficient (Wildman–Crippen LogP) is -0.754. The van der Waals surface area contributed by atoms with Gasteiger partial charge >= 0.3 is 24.0 Å². The third-order valence-corrected chi connectivity index (χ3v) is 11.1. The summed E-state index contributed by atoms with van der Waals surface area (Å²) in [6.45, 7) is 15.0. The summed E-state index contributed by atoms with van der Waals surface area (Å²) < 4.78 is 36.8. The third-order valence-electron chi connectivity index (χ3n) is 9.38. The standard InChI is InChI=1S/C38H65N5O17Si/c1-20(39-31(48)21(2)58-29-28(46)26-19-57-35(59-26)38(29,53)43-22(3)44)30(47)41-25(33(50)55-8)15-16-27(45)40-24(34(51)56-17-18-61(9,10)11)14-12-13-23(32(49)54-7)42-36(52)60-37(4,5)6/h20-21,23-26,28-29,35,46,53H,12-19H2,1-11H3,(H,39,48)(H,40,45)(H,41,47)(H,42,52)(H,43,44)/t20-,21+,23-,24-,25+,26+,28+,29-,35+,38+/m0/s1. The number of aliphatic hydroxyl groups is 2. The van der Waals surface area contributed by atoms with Gasteiger partial charge in [-0.1, -0.05) is 19.6 Å². The molecule has 2 rings (SSSR count). The molecular weight excluding hydrogens is 827 g/mol. The number of methoxy groups -OCH3 is 2. The molecule has 61 heavy (non-hydrogen) atoms. The summed E-state index contributed by atoms with van der Waals surface area (Å²) in [5.74, 6) is -5.49. The van der Waals surface area contributed by atoms with Gasteiger partial charge in [0.25, 0.3) is 0 Å². The first-order chi connectivity index (χ1) is 28.2. The fourth-order valence-corrected chi connectivity index (χ4v) is 6.81. The van der Waals surface area contributed by atoms with Gasteiger partial charge < -0.3 is 70.0 Å². The molecule has 0 aromatic heterocycles. The number of ether oxygens (including phenoxy) is 7. The van der Waals surface area contributed by atoms with Crippen LogP contribution in [0.2, 0.25) is 25.7 Å². The zero-order chi connectivity index (χ0) is 46.5.